The van der Waals surface area contributed by atoms with Gasteiger partial charge >= 0.3 is 5.97 Å². The minimum absolute atomic E-state index is 0.0136. The first-order chi connectivity index (χ1) is 22.8. The van der Waals surface area contributed by atoms with E-state index in [1.165, 1.54) is 0 Å². The summed E-state index contributed by atoms with van der Waals surface area (Å²) in [4.78, 5) is 47.2. The topological polar surface area (TPSA) is 87.1 Å². The van der Waals surface area contributed by atoms with E-state index in [-0.39, 0.29) is 42.1 Å². The lowest BCUT2D eigenvalue weighted by atomic mass is 9.66. The monoisotopic (exact) mass is 652 g/mol. The fraction of sp³-hybridized carbons (Fsp3) is 0.410. The van der Waals surface area contributed by atoms with Gasteiger partial charge in [-0.2, -0.15) is 0 Å². The van der Waals surface area contributed by atoms with E-state index < -0.39 is 28.7 Å². The Morgan fingerprint density at radius 1 is 1.06 bits per heavy atom. The average Bonchev–Trinajstić information content (AvgIpc) is 3.69. The number of aliphatic hydroxyl groups excluding tert-OH is 1. The van der Waals surface area contributed by atoms with Crippen molar-refractivity contribution in [3.05, 3.63) is 104 Å². The lowest BCUT2D eigenvalue weighted by molar-refractivity contribution is -0.155. The summed E-state index contributed by atoms with van der Waals surface area (Å²) in [5.74, 6) is -2.20. The summed E-state index contributed by atoms with van der Waals surface area (Å²) in [5.41, 5.74) is 1.67. The highest BCUT2D eigenvalue weighted by Crippen LogP contribution is 2.69. The van der Waals surface area contributed by atoms with Crippen LogP contribution in [0.4, 0.5) is 5.69 Å². The van der Waals surface area contributed by atoms with Crippen LogP contribution in [0.5, 0.6) is 0 Å². The van der Waals surface area contributed by atoms with Crippen LogP contribution in [-0.2, 0) is 25.5 Å². The molecule has 3 fully saturated rings. The number of likely N-dealkylation sites (tertiary alicyclic amines) is 1. The number of amides is 2. The van der Waals surface area contributed by atoms with Gasteiger partial charge in [0.05, 0.1) is 35.8 Å². The van der Waals surface area contributed by atoms with Crippen LogP contribution in [0.3, 0.4) is 0 Å². The zero-order valence-electron chi connectivity index (χ0n) is 27.0. The molecular weight excluding hydrogens is 609 g/mol. The molecule has 7 nitrogen and oxygen atoms in total. The number of carbonyl (C=O) groups excluding carboxylic acids is 3. The van der Waals surface area contributed by atoms with Crippen molar-refractivity contribution < 1.29 is 24.2 Å². The molecule has 47 heavy (non-hydrogen) atoms. The number of allylic oxidation sites excluding steroid dienone is 1. The largest absolute Gasteiger partial charge is 0.465 e. The van der Waals surface area contributed by atoms with Gasteiger partial charge in [0.2, 0.25) is 5.91 Å². The van der Waals surface area contributed by atoms with Crippen molar-refractivity contribution in [1.82, 2.24) is 4.90 Å². The van der Waals surface area contributed by atoms with Gasteiger partial charge in [0.25, 0.3) is 5.91 Å². The van der Waals surface area contributed by atoms with Gasteiger partial charge in [-0.1, -0.05) is 79.7 Å². The number of unbranched alkanes of at least 4 members (excludes halogenated alkanes) is 2. The second kappa shape index (κ2) is 14.1. The molecule has 0 radical (unpaired) electrons. The molecule has 1 N–H and O–H groups in total. The van der Waals surface area contributed by atoms with Crippen molar-refractivity contribution in [3.8, 4) is 0 Å². The minimum Gasteiger partial charge on any atom is -0.465 e. The van der Waals surface area contributed by atoms with Crippen LogP contribution in [0.25, 0.3) is 10.8 Å². The molecule has 3 aliphatic heterocycles. The molecule has 3 saturated heterocycles. The maximum absolute atomic E-state index is 15.2. The molecular formula is C39H44N2O5S. The molecule has 2 bridgehead atoms. The van der Waals surface area contributed by atoms with Gasteiger partial charge < -0.3 is 19.6 Å². The van der Waals surface area contributed by atoms with Crippen LogP contribution >= 0.6 is 11.8 Å². The molecule has 2 amide bonds. The fourth-order valence-corrected chi connectivity index (χ4v) is 10.5. The molecule has 6 rings (SSSR count). The number of nitrogens with zero attached hydrogens (tertiary/aromatic N) is 2. The normalized spacial score (nSPS) is 26.6. The zero-order chi connectivity index (χ0) is 33.1. The lowest BCUT2D eigenvalue weighted by Crippen LogP contribution is -2.59. The predicted molar refractivity (Wildman–Crippen MR) is 188 cm³/mol. The molecule has 8 heteroatoms. The Hall–Kier alpha value is -3.88. The van der Waals surface area contributed by atoms with E-state index in [1.807, 2.05) is 78.9 Å². The van der Waals surface area contributed by atoms with Gasteiger partial charge in [0.1, 0.15) is 6.04 Å². The summed E-state index contributed by atoms with van der Waals surface area (Å²) in [6, 6.07) is 22.1. The minimum atomic E-state index is -0.886. The molecule has 0 aromatic heterocycles. The number of fused-ring (bicyclic) bond motifs is 2. The number of anilines is 1. The second-order valence-electron chi connectivity index (χ2n) is 13.0. The van der Waals surface area contributed by atoms with Crippen molar-refractivity contribution in [2.75, 3.05) is 24.7 Å². The molecule has 3 heterocycles. The molecule has 3 unspecified atom stereocenters. The number of thioether (sulfide) groups is 1. The third-order valence-corrected chi connectivity index (χ3v) is 12.4. The Kier molecular flexibility index (Phi) is 9.90. The number of benzene rings is 3. The maximum Gasteiger partial charge on any atom is 0.310 e. The lowest BCUT2D eigenvalue weighted by Gasteiger charge is -2.42. The van der Waals surface area contributed by atoms with Crippen molar-refractivity contribution in [2.24, 2.45) is 17.8 Å². The molecule has 246 valence electrons. The smallest absolute Gasteiger partial charge is 0.310 e. The Bertz CT molecular complexity index is 1640. The highest BCUT2D eigenvalue weighted by Gasteiger charge is 2.77. The van der Waals surface area contributed by atoms with Crippen LogP contribution in [0.2, 0.25) is 0 Å². The summed E-state index contributed by atoms with van der Waals surface area (Å²) < 4.78 is 4.97. The van der Waals surface area contributed by atoms with E-state index in [9.17, 15) is 14.7 Å². The van der Waals surface area contributed by atoms with Crippen LogP contribution < -0.4 is 4.90 Å². The summed E-state index contributed by atoms with van der Waals surface area (Å²) in [6.07, 6.45) is 7.09. The van der Waals surface area contributed by atoms with Crippen molar-refractivity contribution in [3.63, 3.8) is 0 Å². The van der Waals surface area contributed by atoms with Crippen LogP contribution in [0, 0.1) is 17.8 Å². The number of esters is 1. The van der Waals surface area contributed by atoms with E-state index in [4.69, 9.17) is 4.74 Å². The van der Waals surface area contributed by atoms with Gasteiger partial charge in [0.15, 0.2) is 0 Å². The first-order valence-electron chi connectivity index (χ1n) is 16.7. The number of rotatable bonds is 14. The van der Waals surface area contributed by atoms with Gasteiger partial charge in [0, 0.05) is 17.5 Å². The Labute approximate surface area is 281 Å². The number of carbonyl (C=O) groups is 3. The second-order valence-corrected chi connectivity index (χ2v) is 14.6. The molecule has 0 saturated carbocycles. The summed E-state index contributed by atoms with van der Waals surface area (Å²) in [5, 5.41) is 12.8. The average molecular weight is 653 g/mol. The van der Waals surface area contributed by atoms with Gasteiger partial charge in [-0.15, -0.1) is 24.9 Å². The van der Waals surface area contributed by atoms with Crippen molar-refractivity contribution in [1.29, 1.82) is 0 Å². The van der Waals surface area contributed by atoms with Gasteiger partial charge in [-0.3, -0.25) is 14.4 Å². The SMILES string of the molecule is C=CCCCCOC(=O)[C@@H]1[C@H]2C(=O)N([C@@H](CO)Cc3ccccc3)C(C(=O)N(CC=C)c3ccc4ccccc4c3)C23S[C@@H]1CC3C. The molecule has 7 atom stereocenters. The molecule has 3 aromatic rings. The first-order valence-corrected chi connectivity index (χ1v) is 17.6. The highest BCUT2D eigenvalue weighted by molar-refractivity contribution is 8.02. The van der Waals surface area contributed by atoms with E-state index >= 15 is 4.79 Å². The van der Waals surface area contributed by atoms with E-state index in [0.29, 0.717) is 25.1 Å². The third-order valence-electron chi connectivity index (χ3n) is 10.3. The first kappa shape index (κ1) is 33.0. The Morgan fingerprint density at radius 3 is 2.53 bits per heavy atom. The number of ether oxygens (including phenoxy) is 1. The van der Waals surface area contributed by atoms with Crippen LogP contribution in [-0.4, -0.2) is 69.6 Å². The summed E-state index contributed by atoms with van der Waals surface area (Å²) >= 11 is 1.62. The molecule has 3 aromatic carbocycles. The fourth-order valence-electron chi connectivity index (χ4n) is 8.14. The molecule has 1 spiro atoms. The Morgan fingerprint density at radius 2 is 1.81 bits per heavy atom. The zero-order valence-corrected chi connectivity index (χ0v) is 27.8. The van der Waals surface area contributed by atoms with E-state index in [1.54, 1.807) is 27.6 Å². The van der Waals surface area contributed by atoms with Crippen LogP contribution in [0.1, 0.15) is 38.2 Å². The van der Waals surface area contributed by atoms with E-state index in [0.717, 1.165) is 35.6 Å². The Balaban J connectivity index is 1.41. The van der Waals surface area contributed by atoms with Crippen LogP contribution in [0.15, 0.2) is 98.1 Å². The number of aliphatic hydroxyl groups is 1. The quantitative estimate of drug-likeness (QED) is 0.127. The maximum atomic E-state index is 15.2. The summed E-state index contributed by atoms with van der Waals surface area (Å²) in [6.45, 7) is 10.0. The highest BCUT2D eigenvalue weighted by atomic mass is 32.2. The number of hydrogen-bond donors (Lipinski definition) is 1. The molecule has 3 aliphatic rings. The predicted octanol–water partition coefficient (Wildman–Crippen LogP) is 6.20. The summed E-state index contributed by atoms with van der Waals surface area (Å²) in [7, 11) is 0. The van der Waals surface area contributed by atoms with Gasteiger partial charge in [-0.05, 0) is 66.5 Å². The standard InChI is InChI=1S/C39H44N2O5S/c1-4-6-7-13-21-46-38(45)33-32-22-26(3)39(47-32)34(33)36(43)41(31(25-42)23-27-14-9-8-10-15-27)35(39)37(44)40(20-5-2)30-19-18-28-16-11-12-17-29(28)24-30/h4-5,8-12,14-19,24,26,31-35,42H,1-2,6-7,13,20-23,25H2,3H3/t26?,31-,32-,33+,34+,35?,39?/m1/s1. The van der Waals surface area contributed by atoms with E-state index in [2.05, 4.69) is 20.1 Å². The van der Waals surface area contributed by atoms with Crippen molar-refractivity contribution >= 4 is 46.0 Å². The third kappa shape index (κ3) is 5.91. The number of hydrogen-bond acceptors (Lipinski definition) is 6. The molecule has 0 aliphatic carbocycles. The van der Waals surface area contributed by atoms with Crippen molar-refractivity contribution in [2.45, 2.75) is 61.1 Å². The van der Waals surface area contributed by atoms with Gasteiger partial charge in [-0.25, -0.2) is 0 Å².